The molecule has 2 nitrogen and oxygen atoms in total. The standard InChI is InChI=1S/C16H15NO/c1-11-4-5-14(10-17)16(9-11)18-15-7-12(2)6-13(3)8-15/h4-9H,1-3H3. The lowest BCUT2D eigenvalue weighted by molar-refractivity contribution is 0.480. The van der Waals surface area contributed by atoms with Crippen molar-refractivity contribution < 1.29 is 4.74 Å². The van der Waals surface area contributed by atoms with Gasteiger partial charge in [-0.2, -0.15) is 5.26 Å². The second-order valence-electron chi connectivity index (χ2n) is 4.54. The lowest BCUT2D eigenvalue weighted by atomic mass is 10.1. The van der Waals surface area contributed by atoms with Gasteiger partial charge in [0.1, 0.15) is 17.6 Å². The molecule has 0 aliphatic carbocycles. The Hall–Kier alpha value is -2.27. The minimum atomic E-state index is 0.555. The Bertz CT molecular complexity index is 603. The van der Waals surface area contributed by atoms with E-state index in [2.05, 4.69) is 12.1 Å². The molecule has 0 aliphatic heterocycles. The fourth-order valence-corrected chi connectivity index (χ4v) is 1.93. The minimum absolute atomic E-state index is 0.555. The third kappa shape index (κ3) is 2.70. The lowest BCUT2D eigenvalue weighted by Gasteiger charge is -2.09. The van der Waals surface area contributed by atoms with E-state index in [1.165, 1.54) is 0 Å². The van der Waals surface area contributed by atoms with Gasteiger partial charge in [-0.3, -0.25) is 0 Å². The molecule has 0 saturated heterocycles. The second kappa shape index (κ2) is 4.93. The van der Waals surface area contributed by atoms with Crippen LogP contribution in [-0.4, -0.2) is 0 Å². The number of ether oxygens (including phenoxy) is 1. The molecule has 0 aromatic heterocycles. The van der Waals surface area contributed by atoms with Crippen molar-refractivity contribution in [3.8, 4) is 17.6 Å². The van der Waals surface area contributed by atoms with Gasteiger partial charge in [0.2, 0.25) is 0 Å². The summed E-state index contributed by atoms with van der Waals surface area (Å²) < 4.78 is 5.82. The molecule has 0 radical (unpaired) electrons. The predicted octanol–water partition coefficient (Wildman–Crippen LogP) is 4.28. The zero-order chi connectivity index (χ0) is 13.1. The quantitative estimate of drug-likeness (QED) is 0.781. The van der Waals surface area contributed by atoms with E-state index in [9.17, 15) is 0 Å². The summed E-state index contributed by atoms with van der Waals surface area (Å²) >= 11 is 0. The van der Waals surface area contributed by atoms with Gasteiger partial charge in [-0.1, -0.05) is 12.1 Å². The van der Waals surface area contributed by atoms with Crippen molar-refractivity contribution >= 4 is 0 Å². The molecule has 0 unspecified atom stereocenters. The minimum Gasteiger partial charge on any atom is -0.456 e. The first kappa shape index (κ1) is 12.2. The Balaban J connectivity index is 2.39. The Morgan fingerprint density at radius 3 is 2.17 bits per heavy atom. The first-order chi connectivity index (χ1) is 8.58. The molecular weight excluding hydrogens is 222 g/mol. The highest BCUT2D eigenvalue weighted by Crippen LogP contribution is 2.27. The fraction of sp³-hybridized carbons (Fsp3) is 0.188. The normalized spacial score (nSPS) is 9.89. The lowest BCUT2D eigenvalue weighted by Crippen LogP contribution is -1.90. The third-order valence-electron chi connectivity index (χ3n) is 2.68. The molecule has 0 saturated carbocycles. The van der Waals surface area contributed by atoms with E-state index in [1.807, 2.05) is 45.0 Å². The van der Waals surface area contributed by atoms with Gasteiger partial charge in [0.05, 0.1) is 5.56 Å². The van der Waals surface area contributed by atoms with Gasteiger partial charge in [0.15, 0.2) is 0 Å². The molecule has 2 aromatic carbocycles. The van der Waals surface area contributed by atoms with Crippen molar-refractivity contribution in [2.24, 2.45) is 0 Å². The van der Waals surface area contributed by atoms with Crippen molar-refractivity contribution in [2.45, 2.75) is 20.8 Å². The zero-order valence-corrected chi connectivity index (χ0v) is 10.8. The number of nitrogens with zero attached hydrogens (tertiary/aromatic N) is 1. The van der Waals surface area contributed by atoms with Crippen LogP contribution in [0.3, 0.4) is 0 Å². The van der Waals surface area contributed by atoms with Gasteiger partial charge in [-0.25, -0.2) is 0 Å². The maximum absolute atomic E-state index is 9.07. The number of rotatable bonds is 2. The summed E-state index contributed by atoms with van der Waals surface area (Å²) in [5.41, 5.74) is 3.93. The molecule has 0 amide bonds. The molecule has 0 fully saturated rings. The molecule has 90 valence electrons. The van der Waals surface area contributed by atoms with Crippen LogP contribution < -0.4 is 4.74 Å². The van der Waals surface area contributed by atoms with Crippen LogP contribution in [0.15, 0.2) is 36.4 Å². The first-order valence-electron chi connectivity index (χ1n) is 5.85. The van der Waals surface area contributed by atoms with Crippen LogP contribution in [0, 0.1) is 32.1 Å². The van der Waals surface area contributed by atoms with E-state index in [4.69, 9.17) is 10.00 Å². The summed E-state index contributed by atoms with van der Waals surface area (Å²) in [6, 6.07) is 13.8. The van der Waals surface area contributed by atoms with Gasteiger partial charge in [0, 0.05) is 0 Å². The number of hydrogen-bond donors (Lipinski definition) is 0. The van der Waals surface area contributed by atoms with Crippen LogP contribution in [0.25, 0.3) is 0 Å². The van der Waals surface area contributed by atoms with Crippen molar-refractivity contribution in [1.29, 1.82) is 5.26 Å². The van der Waals surface area contributed by atoms with Crippen molar-refractivity contribution in [3.05, 3.63) is 58.7 Å². The molecule has 0 atom stereocenters. The van der Waals surface area contributed by atoms with Crippen LogP contribution >= 0.6 is 0 Å². The van der Waals surface area contributed by atoms with Crippen LogP contribution in [-0.2, 0) is 0 Å². The Morgan fingerprint density at radius 1 is 0.889 bits per heavy atom. The topological polar surface area (TPSA) is 33.0 Å². The van der Waals surface area contributed by atoms with Crippen LogP contribution in [0.4, 0.5) is 0 Å². The molecule has 18 heavy (non-hydrogen) atoms. The average molecular weight is 237 g/mol. The molecule has 0 bridgehead atoms. The number of hydrogen-bond acceptors (Lipinski definition) is 2. The van der Waals surface area contributed by atoms with Crippen molar-refractivity contribution in [2.75, 3.05) is 0 Å². The monoisotopic (exact) mass is 237 g/mol. The van der Waals surface area contributed by atoms with Gasteiger partial charge in [-0.15, -0.1) is 0 Å². The molecular formula is C16H15NO. The van der Waals surface area contributed by atoms with Crippen LogP contribution in [0.1, 0.15) is 22.3 Å². The summed E-state index contributed by atoms with van der Waals surface area (Å²) in [7, 11) is 0. The summed E-state index contributed by atoms with van der Waals surface area (Å²) in [4.78, 5) is 0. The second-order valence-corrected chi connectivity index (χ2v) is 4.54. The van der Waals surface area contributed by atoms with Gasteiger partial charge in [-0.05, 0) is 61.7 Å². The SMILES string of the molecule is Cc1cc(C)cc(Oc2cc(C)ccc2C#N)c1. The average Bonchev–Trinajstić information content (AvgIpc) is 2.27. The van der Waals surface area contributed by atoms with E-state index in [1.54, 1.807) is 6.07 Å². The number of aryl methyl sites for hydroxylation is 3. The predicted molar refractivity (Wildman–Crippen MR) is 71.9 cm³/mol. The molecule has 0 aliphatic rings. The molecule has 2 aromatic rings. The third-order valence-corrected chi connectivity index (χ3v) is 2.68. The summed E-state index contributed by atoms with van der Waals surface area (Å²) in [6.45, 7) is 6.04. The smallest absolute Gasteiger partial charge is 0.145 e. The highest BCUT2D eigenvalue weighted by Gasteiger charge is 2.05. The maximum Gasteiger partial charge on any atom is 0.145 e. The molecule has 2 rings (SSSR count). The number of benzene rings is 2. The van der Waals surface area contributed by atoms with E-state index in [-0.39, 0.29) is 0 Å². The zero-order valence-electron chi connectivity index (χ0n) is 10.8. The van der Waals surface area contributed by atoms with Crippen molar-refractivity contribution in [3.63, 3.8) is 0 Å². The molecule has 0 heterocycles. The van der Waals surface area contributed by atoms with E-state index >= 15 is 0 Å². The summed E-state index contributed by atoms with van der Waals surface area (Å²) in [6.07, 6.45) is 0. The van der Waals surface area contributed by atoms with Gasteiger partial charge >= 0.3 is 0 Å². The molecule has 0 N–H and O–H groups in total. The molecule has 0 spiro atoms. The van der Waals surface area contributed by atoms with E-state index in [0.717, 1.165) is 22.4 Å². The summed E-state index contributed by atoms with van der Waals surface area (Å²) in [5, 5.41) is 9.07. The van der Waals surface area contributed by atoms with Crippen molar-refractivity contribution in [1.82, 2.24) is 0 Å². The highest BCUT2D eigenvalue weighted by atomic mass is 16.5. The Kier molecular flexibility index (Phi) is 3.34. The summed E-state index contributed by atoms with van der Waals surface area (Å²) in [5.74, 6) is 1.39. The van der Waals surface area contributed by atoms with Gasteiger partial charge < -0.3 is 4.74 Å². The maximum atomic E-state index is 9.07. The Labute approximate surface area is 107 Å². The van der Waals surface area contributed by atoms with E-state index < -0.39 is 0 Å². The Morgan fingerprint density at radius 2 is 1.56 bits per heavy atom. The highest BCUT2D eigenvalue weighted by molar-refractivity contribution is 5.47. The van der Waals surface area contributed by atoms with E-state index in [0.29, 0.717) is 11.3 Å². The molecule has 2 heteroatoms. The van der Waals surface area contributed by atoms with Gasteiger partial charge in [0.25, 0.3) is 0 Å². The van der Waals surface area contributed by atoms with Crippen LogP contribution in [0.5, 0.6) is 11.5 Å². The largest absolute Gasteiger partial charge is 0.456 e. The number of nitriles is 1. The first-order valence-corrected chi connectivity index (χ1v) is 5.85. The van der Waals surface area contributed by atoms with Crippen LogP contribution in [0.2, 0.25) is 0 Å². The fourth-order valence-electron chi connectivity index (χ4n) is 1.93.